The van der Waals surface area contributed by atoms with Gasteiger partial charge in [-0.3, -0.25) is 4.79 Å². The number of hydrogen-bond donors (Lipinski definition) is 1. The first kappa shape index (κ1) is 16.2. The van der Waals surface area contributed by atoms with Crippen LogP contribution in [0.1, 0.15) is 24.7 Å². The number of aromatic nitrogens is 2. The fraction of sp³-hybridized carbons (Fsp3) is 0.692. The smallest absolute Gasteiger partial charge is 0.320 e. The van der Waals surface area contributed by atoms with Crippen LogP contribution in [-0.2, 0) is 16.0 Å². The van der Waals surface area contributed by atoms with Crippen molar-refractivity contribution in [3.8, 4) is 0 Å². The molecule has 1 aromatic heterocycles. The Morgan fingerprint density at radius 2 is 2.27 bits per heavy atom. The summed E-state index contributed by atoms with van der Waals surface area (Å²) in [6, 6.07) is -0.547. The fourth-order valence-corrected chi connectivity index (χ4v) is 2.11. The first-order valence-corrected chi connectivity index (χ1v) is 7.12. The molecule has 22 heavy (non-hydrogen) atoms. The van der Waals surface area contributed by atoms with Crippen molar-refractivity contribution >= 4 is 11.9 Å². The second-order valence-electron chi connectivity index (χ2n) is 5.21. The fourth-order valence-electron chi connectivity index (χ4n) is 2.11. The van der Waals surface area contributed by atoms with Crippen molar-refractivity contribution in [1.29, 1.82) is 0 Å². The molecule has 2 heterocycles. The zero-order chi connectivity index (χ0) is 16.1. The molecular formula is C13H21N5O4. The number of likely N-dealkylation sites (N-methyl/N-ethyl adjacent to an activating group) is 1. The maximum Gasteiger partial charge on any atom is 0.320 e. The van der Waals surface area contributed by atoms with Crippen LogP contribution in [0.25, 0.3) is 0 Å². The van der Waals surface area contributed by atoms with Crippen LogP contribution in [0, 0.1) is 0 Å². The van der Waals surface area contributed by atoms with E-state index in [1.807, 2.05) is 0 Å². The summed E-state index contributed by atoms with van der Waals surface area (Å²) < 4.78 is 10.1. The van der Waals surface area contributed by atoms with Gasteiger partial charge in [-0.2, -0.15) is 4.98 Å². The molecule has 0 aliphatic carbocycles. The first-order chi connectivity index (χ1) is 10.5. The third-order valence-corrected chi connectivity index (χ3v) is 3.40. The van der Waals surface area contributed by atoms with Gasteiger partial charge in [0.05, 0.1) is 6.61 Å². The van der Waals surface area contributed by atoms with Crippen LogP contribution in [0.3, 0.4) is 0 Å². The van der Waals surface area contributed by atoms with Gasteiger partial charge in [-0.25, -0.2) is 4.79 Å². The summed E-state index contributed by atoms with van der Waals surface area (Å²) in [7, 11) is 3.31. The van der Waals surface area contributed by atoms with Crippen LogP contribution in [0.5, 0.6) is 0 Å². The lowest BCUT2D eigenvalue weighted by Gasteiger charge is -2.16. The predicted molar refractivity (Wildman–Crippen MR) is 76.0 cm³/mol. The topological polar surface area (TPSA) is 101 Å². The summed E-state index contributed by atoms with van der Waals surface area (Å²) in [6.07, 6.45) is 0.551. The Kier molecular flexibility index (Phi) is 5.31. The van der Waals surface area contributed by atoms with Crippen molar-refractivity contribution in [3.63, 3.8) is 0 Å². The number of carbonyl (C=O) groups excluding carboxylic acids is 2. The van der Waals surface area contributed by atoms with Gasteiger partial charge in [0.1, 0.15) is 12.6 Å². The largest absolute Gasteiger partial charge is 0.384 e. The first-order valence-electron chi connectivity index (χ1n) is 7.12. The summed E-state index contributed by atoms with van der Waals surface area (Å²) in [5.74, 6) is 0.617. The van der Waals surface area contributed by atoms with E-state index in [9.17, 15) is 9.59 Å². The van der Waals surface area contributed by atoms with Crippen molar-refractivity contribution in [2.75, 3.05) is 40.4 Å². The number of amides is 3. The van der Waals surface area contributed by atoms with Gasteiger partial charge >= 0.3 is 6.03 Å². The molecule has 0 radical (unpaired) electrons. The molecule has 3 amide bonds. The number of rotatable bonds is 7. The van der Waals surface area contributed by atoms with Crippen molar-refractivity contribution < 1.29 is 18.8 Å². The van der Waals surface area contributed by atoms with Crippen molar-refractivity contribution in [2.45, 2.75) is 19.4 Å². The zero-order valence-corrected chi connectivity index (χ0v) is 13.0. The molecule has 1 aliphatic heterocycles. The number of urea groups is 1. The van der Waals surface area contributed by atoms with Gasteiger partial charge in [0, 0.05) is 33.7 Å². The van der Waals surface area contributed by atoms with Crippen LogP contribution < -0.4 is 5.32 Å². The highest BCUT2D eigenvalue weighted by molar-refractivity contribution is 5.85. The van der Waals surface area contributed by atoms with E-state index >= 15 is 0 Å². The van der Waals surface area contributed by atoms with Crippen molar-refractivity contribution in [3.05, 3.63) is 11.7 Å². The van der Waals surface area contributed by atoms with Crippen LogP contribution in [0.4, 0.5) is 4.79 Å². The van der Waals surface area contributed by atoms with Crippen LogP contribution in [0.2, 0.25) is 0 Å². The maximum atomic E-state index is 12.0. The van der Waals surface area contributed by atoms with E-state index in [0.717, 1.165) is 0 Å². The van der Waals surface area contributed by atoms with Crippen LogP contribution >= 0.6 is 0 Å². The van der Waals surface area contributed by atoms with E-state index in [-0.39, 0.29) is 18.5 Å². The number of nitrogens with zero attached hydrogens (tertiary/aromatic N) is 4. The van der Waals surface area contributed by atoms with Gasteiger partial charge < -0.3 is 24.4 Å². The third kappa shape index (κ3) is 3.94. The molecule has 1 saturated heterocycles. The molecular weight excluding hydrogens is 290 g/mol. The van der Waals surface area contributed by atoms with Gasteiger partial charge in [-0.05, 0) is 6.92 Å². The summed E-state index contributed by atoms with van der Waals surface area (Å²) in [6.45, 7) is 3.47. The zero-order valence-electron chi connectivity index (χ0n) is 13.0. The average Bonchev–Trinajstić information content (AvgIpc) is 3.07. The molecule has 0 saturated carbocycles. The summed E-state index contributed by atoms with van der Waals surface area (Å²) >= 11 is 0. The Balaban J connectivity index is 1.83. The maximum absolute atomic E-state index is 12.0. The van der Waals surface area contributed by atoms with E-state index in [1.165, 1.54) is 4.90 Å². The van der Waals surface area contributed by atoms with E-state index in [0.29, 0.717) is 37.8 Å². The molecule has 9 heteroatoms. The molecule has 122 valence electrons. The minimum atomic E-state index is -0.410. The minimum absolute atomic E-state index is 0.0260. The molecule has 1 atom stereocenters. The van der Waals surface area contributed by atoms with E-state index in [4.69, 9.17) is 9.26 Å². The number of nitrogens with one attached hydrogen (secondary N) is 1. The highest BCUT2D eigenvalue weighted by atomic mass is 16.5. The van der Waals surface area contributed by atoms with E-state index < -0.39 is 6.04 Å². The monoisotopic (exact) mass is 311 g/mol. The second-order valence-corrected chi connectivity index (χ2v) is 5.21. The quantitative estimate of drug-likeness (QED) is 0.748. The lowest BCUT2D eigenvalue weighted by Crippen LogP contribution is -2.40. The molecule has 1 N–H and O–H groups in total. The molecule has 0 bridgehead atoms. The van der Waals surface area contributed by atoms with Crippen molar-refractivity contribution in [2.24, 2.45) is 0 Å². The Labute approximate surface area is 128 Å². The Morgan fingerprint density at radius 3 is 2.91 bits per heavy atom. The summed E-state index contributed by atoms with van der Waals surface area (Å²) in [4.78, 5) is 31.0. The molecule has 0 aromatic carbocycles. The number of ether oxygens (including phenoxy) is 1. The molecule has 0 spiro atoms. The molecule has 1 aliphatic rings. The normalized spacial score (nSPS) is 16.2. The molecule has 1 unspecified atom stereocenters. The third-order valence-electron chi connectivity index (χ3n) is 3.40. The Bertz CT molecular complexity index is 532. The minimum Gasteiger partial charge on any atom is -0.384 e. The van der Waals surface area contributed by atoms with E-state index in [1.54, 1.807) is 26.0 Å². The lowest BCUT2D eigenvalue weighted by molar-refractivity contribution is -0.122. The number of carbonyl (C=O) groups is 2. The number of hydrogen-bond acceptors (Lipinski definition) is 6. The van der Waals surface area contributed by atoms with Crippen LogP contribution in [-0.4, -0.2) is 72.3 Å². The van der Waals surface area contributed by atoms with Gasteiger partial charge in [-0.15, -0.1) is 0 Å². The average molecular weight is 311 g/mol. The van der Waals surface area contributed by atoms with E-state index in [2.05, 4.69) is 15.5 Å². The molecule has 2 rings (SSSR count). The highest BCUT2D eigenvalue weighted by Gasteiger charge is 2.27. The summed E-state index contributed by atoms with van der Waals surface area (Å²) in [5, 5.41) is 6.57. The standard InChI is InChI=1S/C13H21N5O4/c1-9(12-15-10(16-22-12)4-7-21-3)14-11(19)8-18-6-5-17(2)13(18)20/h9H,4-8H2,1-3H3,(H,14,19). The Morgan fingerprint density at radius 1 is 1.50 bits per heavy atom. The molecule has 1 aromatic rings. The summed E-state index contributed by atoms with van der Waals surface area (Å²) in [5.41, 5.74) is 0. The number of methoxy groups -OCH3 is 1. The molecule has 1 fully saturated rings. The van der Waals surface area contributed by atoms with Gasteiger partial charge in [0.15, 0.2) is 5.82 Å². The van der Waals surface area contributed by atoms with Gasteiger partial charge in [0.2, 0.25) is 11.8 Å². The van der Waals surface area contributed by atoms with Gasteiger partial charge in [-0.1, -0.05) is 5.16 Å². The lowest BCUT2D eigenvalue weighted by atomic mass is 10.3. The predicted octanol–water partition coefficient (Wildman–Crippen LogP) is -0.197. The second kappa shape index (κ2) is 7.21. The molecule has 9 nitrogen and oxygen atoms in total. The Hall–Kier alpha value is -2.16. The van der Waals surface area contributed by atoms with Crippen molar-refractivity contribution in [1.82, 2.24) is 25.3 Å². The van der Waals surface area contributed by atoms with Gasteiger partial charge in [0.25, 0.3) is 0 Å². The highest BCUT2D eigenvalue weighted by Crippen LogP contribution is 2.11. The SMILES string of the molecule is COCCc1noc(C(C)NC(=O)CN2CCN(C)C2=O)n1. The van der Waals surface area contributed by atoms with Crippen LogP contribution in [0.15, 0.2) is 4.52 Å².